The lowest BCUT2D eigenvalue weighted by Gasteiger charge is -2.32. The van der Waals surface area contributed by atoms with Crippen LogP contribution in [0.15, 0.2) is 79.0 Å². The minimum atomic E-state index is 0.00598. The van der Waals surface area contributed by atoms with Gasteiger partial charge in [-0.3, -0.25) is 14.7 Å². The first kappa shape index (κ1) is 19.3. The van der Waals surface area contributed by atoms with E-state index < -0.39 is 0 Å². The van der Waals surface area contributed by atoms with Crippen LogP contribution in [0, 0.1) is 5.92 Å². The van der Waals surface area contributed by atoms with Crippen molar-refractivity contribution in [2.24, 2.45) is 5.92 Å². The van der Waals surface area contributed by atoms with Gasteiger partial charge in [0.25, 0.3) is 5.91 Å². The third kappa shape index (κ3) is 5.30. The van der Waals surface area contributed by atoms with Gasteiger partial charge in [-0.25, -0.2) is 0 Å². The number of likely N-dealkylation sites (tertiary alicyclic amines) is 1. The minimum Gasteiger partial charge on any atom is -0.352 e. The molecule has 4 rings (SSSR count). The van der Waals surface area contributed by atoms with Gasteiger partial charge in [-0.05, 0) is 60.7 Å². The molecular formula is C25H27N3O. The van der Waals surface area contributed by atoms with E-state index in [4.69, 9.17) is 0 Å². The Morgan fingerprint density at radius 2 is 1.72 bits per heavy atom. The summed E-state index contributed by atoms with van der Waals surface area (Å²) in [6.45, 7) is 3.70. The summed E-state index contributed by atoms with van der Waals surface area (Å²) in [4.78, 5) is 19.4. The number of rotatable bonds is 6. The summed E-state index contributed by atoms with van der Waals surface area (Å²) in [5.74, 6) is 0.492. The molecule has 1 aromatic heterocycles. The molecule has 0 saturated carbocycles. The van der Waals surface area contributed by atoms with Crippen molar-refractivity contribution in [3.05, 3.63) is 90.3 Å². The Labute approximate surface area is 172 Å². The number of hydrogen-bond donors (Lipinski definition) is 1. The highest BCUT2D eigenvalue weighted by atomic mass is 16.1. The minimum absolute atomic E-state index is 0.00598. The van der Waals surface area contributed by atoms with Crippen LogP contribution in [0.1, 0.15) is 28.9 Å². The van der Waals surface area contributed by atoms with E-state index in [1.807, 2.05) is 60.8 Å². The molecule has 1 aliphatic heterocycles. The van der Waals surface area contributed by atoms with Crippen molar-refractivity contribution in [1.29, 1.82) is 0 Å². The number of nitrogens with one attached hydrogen (secondary N) is 1. The maximum absolute atomic E-state index is 12.6. The van der Waals surface area contributed by atoms with Gasteiger partial charge in [0.1, 0.15) is 0 Å². The lowest BCUT2D eigenvalue weighted by Crippen LogP contribution is -2.40. The molecule has 0 aliphatic carbocycles. The Morgan fingerprint density at radius 3 is 2.48 bits per heavy atom. The van der Waals surface area contributed by atoms with Crippen LogP contribution < -0.4 is 5.32 Å². The molecule has 4 heteroatoms. The van der Waals surface area contributed by atoms with Gasteiger partial charge < -0.3 is 5.32 Å². The van der Waals surface area contributed by atoms with Gasteiger partial charge >= 0.3 is 0 Å². The summed E-state index contributed by atoms with van der Waals surface area (Å²) in [5, 5.41) is 3.13. The number of hydrogen-bond acceptors (Lipinski definition) is 3. The van der Waals surface area contributed by atoms with E-state index >= 15 is 0 Å². The number of piperidine rings is 1. The highest BCUT2D eigenvalue weighted by Crippen LogP contribution is 2.20. The fraction of sp³-hybridized carbons (Fsp3) is 0.280. The number of carbonyl (C=O) groups excluding carboxylic acids is 1. The van der Waals surface area contributed by atoms with E-state index in [-0.39, 0.29) is 5.91 Å². The first-order chi connectivity index (χ1) is 14.3. The normalized spacial score (nSPS) is 17.0. The maximum atomic E-state index is 12.6. The molecule has 1 atom stereocenters. The van der Waals surface area contributed by atoms with Gasteiger partial charge in [0.2, 0.25) is 0 Å². The average molecular weight is 386 g/mol. The number of amides is 1. The molecular weight excluding hydrogens is 358 g/mol. The molecule has 1 unspecified atom stereocenters. The molecule has 4 nitrogen and oxygen atoms in total. The molecule has 2 aromatic carbocycles. The van der Waals surface area contributed by atoms with Crippen molar-refractivity contribution in [3.63, 3.8) is 0 Å². The first-order valence-corrected chi connectivity index (χ1v) is 10.3. The SMILES string of the molecule is O=C(NCC1CCCN(Cc2ccccn2)C1)c1ccc(-c2ccccc2)cc1. The Kier molecular flexibility index (Phi) is 6.32. The average Bonchev–Trinajstić information content (AvgIpc) is 2.79. The van der Waals surface area contributed by atoms with E-state index in [9.17, 15) is 4.79 Å². The van der Waals surface area contributed by atoms with Gasteiger partial charge in [0, 0.05) is 31.4 Å². The monoisotopic (exact) mass is 385 g/mol. The quantitative estimate of drug-likeness (QED) is 0.684. The van der Waals surface area contributed by atoms with Crippen molar-refractivity contribution in [1.82, 2.24) is 15.2 Å². The summed E-state index contributed by atoms with van der Waals surface area (Å²) in [6.07, 6.45) is 4.17. The number of carbonyl (C=O) groups is 1. The summed E-state index contributed by atoms with van der Waals surface area (Å²) in [5.41, 5.74) is 4.11. The van der Waals surface area contributed by atoms with Crippen LogP contribution in [0.3, 0.4) is 0 Å². The molecule has 1 N–H and O–H groups in total. The molecule has 0 radical (unpaired) electrons. The molecule has 0 spiro atoms. The van der Waals surface area contributed by atoms with Crippen molar-refractivity contribution < 1.29 is 4.79 Å². The van der Waals surface area contributed by atoms with Gasteiger partial charge in [0.05, 0.1) is 5.69 Å². The van der Waals surface area contributed by atoms with Crippen molar-refractivity contribution >= 4 is 5.91 Å². The molecule has 29 heavy (non-hydrogen) atoms. The van der Waals surface area contributed by atoms with Gasteiger partial charge in [-0.2, -0.15) is 0 Å². The van der Waals surface area contributed by atoms with Crippen molar-refractivity contribution in [2.75, 3.05) is 19.6 Å². The van der Waals surface area contributed by atoms with Crippen LogP contribution >= 0.6 is 0 Å². The third-order valence-electron chi connectivity index (χ3n) is 5.52. The Morgan fingerprint density at radius 1 is 0.966 bits per heavy atom. The van der Waals surface area contributed by atoms with Crippen LogP contribution in [0.4, 0.5) is 0 Å². The zero-order valence-corrected chi connectivity index (χ0v) is 16.6. The molecule has 1 aliphatic rings. The van der Waals surface area contributed by atoms with E-state index in [0.717, 1.165) is 49.4 Å². The van der Waals surface area contributed by atoms with Gasteiger partial charge in [-0.15, -0.1) is 0 Å². The Balaban J connectivity index is 1.29. The van der Waals surface area contributed by atoms with Crippen LogP contribution in [0.25, 0.3) is 11.1 Å². The predicted molar refractivity (Wildman–Crippen MR) is 116 cm³/mol. The van der Waals surface area contributed by atoms with Crippen LogP contribution in [0.5, 0.6) is 0 Å². The molecule has 1 saturated heterocycles. The largest absolute Gasteiger partial charge is 0.352 e. The van der Waals surface area contributed by atoms with Crippen molar-refractivity contribution in [3.8, 4) is 11.1 Å². The fourth-order valence-electron chi connectivity index (χ4n) is 3.97. The molecule has 1 amide bonds. The topological polar surface area (TPSA) is 45.2 Å². The van der Waals surface area contributed by atoms with Crippen molar-refractivity contribution in [2.45, 2.75) is 19.4 Å². The first-order valence-electron chi connectivity index (χ1n) is 10.3. The molecule has 1 fully saturated rings. The van der Waals surface area contributed by atoms with Crippen LogP contribution in [-0.4, -0.2) is 35.4 Å². The fourth-order valence-corrected chi connectivity index (χ4v) is 3.97. The maximum Gasteiger partial charge on any atom is 0.251 e. The Hall–Kier alpha value is -2.98. The smallest absolute Gasteiger partial charge is 0.251 e. The summed E-state index contributed by atoms with van der Waals surface area (Å²) >= 11 is 0. The van der Waals surface area contributed by atoms with E-state index in [1.165, 1.54) is 6.42 Å². The van der Waals surface area contributed by atoms with Gasteiger partial charge in [0.15, 0.2) is 0 Å². The number of nitrogens with zero attached hydrogens (tertiary/aromatic N) is 2. The molecule has 0 bridgehead atoms. The second kappa shape index (κ2) is 9.48. The summed E-state index contributed by atoms with van der Waals surface area (Å²) in [6, 6.07) is 24.1. The summed E-state index contributed by atoms with van der Waals surface area (Å²) < 4.78 is 0. The van der Waals surface area contributed by atoms with E-state index in [2.05, 4.69) is 33.4 Å². The molecule has 3 aromatic rings. The zero-order chi connectivity index (χ0) is 19.9. The lowest BCUT2D eigenvalue weighted by molar-refractivity contribution is 0.0930. The number of benzene rings is 2. The van der Waals surface area contributed by atoms with Crippen LogP contribution in [0.2, 0.25) is 0 Å². The van der Waals surface area contributed by atoms with Crippen LogP contribution in [-0.2, 0) is 6.54 Å². The Bertz CT molecular complexity index is 910. The van der Waals surface area contributed by atoms with E-state index in [1.54, 1.807) is 0 Å². The number of aromatic nitrogens is 1. The number of pyridine rings is 1. The third-order valence-corrected chi connectivity index (χ3v) is 5.52. The highest BCUT2D eigenvalue weighted by molar-refractivity contribution is 5.94. The predicted octanol–water partition coefficient (Wildman–Crippen LogP) is 4.39. The second-order valence-corrected chi connectivity index (χ2v) is 7.72. The molecule has 2 heterocycles. The standard InChI is InChI=1S/C25H27N3O/c29-25(23-13-11-22(12-14-23)21-8-2-1-3-9-21)27-17-20-7-6-16-28(18-20)19-24-10-4-5-15-26-24/h1-5,8-15,20H,6-7,16-19H2,(H,27,29). The second-order valence-electron chi connectivity index (χ2n) is 7.72. The zero-order valence-electron chi connectivity index (χ0n) is 16.6. The lowest BCUT2D eigenvalue weighted by atomic mass is 9.97. The summed E-state index contributed by atoms with van der Waals surface area (Å²) in [7, 11) is 0. The highest BCUT2D eigenvalue weighted by Gasteiger charge is 2.21. The molecule has 148 valence electrons. The van der Waals surface area contributed by atoms with Gasteiger partial charge in [-0.1, -0.05) is 48.5 Å². The van der Waals surface area contributed by atoms with E-state index in [0.29, 0.717) is 11.5 Å².